The largest absolute Gasteiger partial charge is 0.377 e. The van der Waals surface area contributed by atoms with Crippen LogP contribution in [0.1, 0.15) is 56.4 Å². The molecule has 0 bridgehead atoms. The Bertz CT molecular complexity index is 762. The third-order valence-electron chi connectivity index (χ3n) is 5.09. The third-order valence-corrected chi connectivity index (χ3v) is 5.09. The Balaban J connectivity index is 1.48. The van der Waals surface area contributed by atoms with Crippen LogP contribution in [0.2, 0.25) is 0 Å². The molecule has 0 heterocycles. The standard InChI is InChI=1S/C19H22N2O2/c22-18-16(17(19(18)23)21-15-10-11-15)20-14-8-6-13(7-9-14)12-4-2-1-3-5-12/h6-9,12,15,20-21H,1-5,10-11H2. The predicted octanol–water partition coefficient (Wildman–Crippen LogP) is 3.65. The highest BCUT2D eigenvalue weighted by Gasteiger charge is 2.28. The number of anilines is 3. The summed E-state index contributed by atoms with van der Waals surface area (Å²) in [6.45, 7) is 0. The molecule has 0 saturated heterocycles. The van der Waals surface area contributed by atoms with Gasteiger partial charge in [0.05, 0.1) is 0 Å². The smallest absolute Gasteiger partial charge is 0.253 e. The quantitative estimate of drug-likeness (QED) is 0.828. The van der Waals surface area contributed by atoms with E-state index in [1.165, 1.54) is 37.7 Å². The zero-order valence-corrected chi connectivity index (χ0v) is 13.2. The minimum atomic E-state index is -0.412. The molecule has 120 valence electrons. The molecule has 0 aliphatic heterocycles. The molecule has 4 rings (SSSR count). The Hall–Kier alpha value is -2.10. The van der Waals surface area contributed by atoms with E-state index in [-0.39, 0.29) is 0 Å². The molecule has 2 aliphatic rings. The molecule has 0 unspecified atom stereocenters. The van der Waals surface area contributed by atoms with Crippen molar-refractivity contribution in [1.29, 1.82) is 0 Å². The van der Waals surface area contributed by atoms with Crippen LogP contribution in [-0.2, 0) is 0 Å². The fourth-order valence-electron chi connectivity index (χ4n) is 3.50. The molecule has 2 aromatic rings. The van der Waals surface area contributed by atoms with Crippen LogP contribution >= 0.6 is 0 Å². The summed E-state index contributed by atoms with van der Waals surface area (Å²) in [5.41, 5.74) is 2.34. The summed E-state index contributed by atoms with van der Waals surface area (Å²) in [6, 6.07) is 8.70. The van der Waals surface area contributed by atoms with Crippen LogP contribution in [0.5, 0.6) is 0 Å². The van der Waals surface area contributed by atoms with Gasteiger partial charge < -0.3 is 10.6 Å². The summed E-state index contributed by atoms with van der Waals surface area (Å²) >= 11 is 0. The Morgan fingerprint density at radius 3 is 2.09 bits per heavy atom. The van der Waals surface area contributed by atoms with Gasteiger partial charge in [0.1, 0.15) is 11.4 Å². The van der Waals surface area contributed by atoms with E-state index in [2.05, 4.69) is 22.8 Å². The second-order valence-corrected chi connectivity index (χ2v) is 6.91. The first-order chi connectivity index (χ1) is 11.2. The summed E-state index contributed by atoms with van der Waals surface area (Å²) in [6.07, 6.45) is 8.72. The summed E-state index contributed by atoms with van der Waals surface area (Å²) in [7, 11) is 0. The van der Waals surface area contributed by atoms with Gasteiger partial charge >= 0.3 is 0 Å². The van der Waals surface area contributed by atoms with Gasteiger partial charge in [-0.3, -0.25) is 9.59 Å². The number of hydrogen-bond acceptors (Lipinski definition) is 4. The van der Waals surface area contributed by atoms with Crippen molar-refractivity contribution in [3.63, 3.8) is 0 Å². The van der Waals surface area contributed by atoms with Gasteiger partial charge in [0.15, 0.2) is 0 Å². The van der Waals surface area contributed by atoms with E-state index in [4.69, 9.17) is 0 Å². The summed E-state index contributed by atoms with van der Waals surface area (Å²) < 4.78 is 0. The highest BCUT2D eigenvalue weighted by atomic mass is 16.2. The highest BCUT2D eigenvalue weighted by molar-refractivity contribution is 5.79. The molecule has 2 saturated carbocycles. The van der Waals surface area contributed by atoms with Crippen LogP contribution in [0, 0.1) is 0 Å². The fraction of sp³-hybridized carbons (Fsp3) is 0.474. The molecule has 2 aromatic carbocycles. The molecule has 4 heteroatoms. The number of rotatable bonds is 5. The van der Waals surface area contributed by atoms with Crippen molar-refractivity contribution in [2.45, 2.75) is 56.9 Å². The zero-order chi connectivity index (χ0) is 15.8. The lowest BCUT2D eigenvalue weighted by atomic mass is 9.84. The first-order valence-corrected chi connectivity index (χ1v) is 8.69. The van der Waals surface area contributed by atoms with Crippen molar-refractivity contribution in [1.82, 2.24) is 0 Å². The number of nitrogens with one attached hydrogen (secondary N) is 2. The molecule has 4 nitrogen and oxygen atoms in total. The lowest BCUT2D eigenvalue weighted by molar-refractivity contribution is 0.443. The van der Waals surface area contributed by atoms with Gasteiger partial charge in [-0.25, -0.2) is 0 Å². The molecule has 0 amide bonds. The maximum atomic E-state index is 11.8. The highest BCUT2D eigenvalue weighted by Crippen LogP contribution is 2.33. The van der Waals surface area contributed by atoms with E-state index < -0.39 is 10.9 Å². The van der Waals surface area contributed by atoms with Crippen molar-refractivity contribution in [3.05, 3.63) is 50.3 Å². The molecular weight excluding hydrogens is 288 g/mol. The van der Waals surface area contributed by atoms with Crippen LogP contribution in [0.15, 0.2) is 33.9 Å². The van der Waals surface area contributed by atoms with Crippen LogP contribution in [0.3, 0.4) is 0 Å². The average molecular weight is 310 g/mol. The molecular formula is C19H22N2O2. The molecule has 2 fully saturated rings. The summed E-state index contributed by atoms with van der Waals surface area (Å²) in [5, 5.41) is 6.27. The maximum absolute atomic E-state index is 11.8. The maximum Gasteiger partial charge on any atom is 0.253 e. The SMILES string of the molecule is O=c1c(Nc2ccc(C3CCCCC3)cc2)c(NC2CC2)c1=O. The van der Waals surface area contributed by atoms with Crippen LogP contribution in [0.25, 0.3) is 0 Å². The topological polar surface area (TPSA) is 58.2 Å². The third kappa shape index (κ3) is 2.90. The fourth-order valence-corrected chi connectivity index (χ4v) is 3.50. The molecule has 0 aromatic heterocycles. The van der Waals surface area contributed by atoms with Crippen LogP contribution < -0.4 is 21.5 Å². The van der Waals surface area contributed by atoms with Crippen LogP contribution in [0.4, 0.5) is 17.1 Å². The zero-order valence-electron chi connectivity index (χ0n) is 13.2. The number of benzene rings is 1. The van der Waals surface area contributed by atoms with Crippen molar-refractivity contribution in [2.75, 3.05) is 10.6 Å². The first-order valence-electron chi connectivity index (χ1n) is 8.69. The molecule has 0 radical (unpaired) electrons. The second-order valence-electron chi connectivity index (χ2n) is 6.91. The molecule has 2 N–H and O–H groups in total. The van der Waals surface area contributed by atoms with Gasteiger partial charge in [-0.1, -0.05) is 31.4 Å². The van der Waals surface area contributed by atoms with Gasteiger partial charge in [-0.15, -0.1) is 0 Å². The van der Waals surface area contributed by atoms with Crippen molar-refractivity contribution in [3.8, 4) is 0 Å². The minimum absolute atomic E-state index is 0.368. The van der Waals surface area contributed by atoms with Gasteiger partial charge in [0.25, 0.3) is 10.9 Å². The van der Waals surface area contributed by atoms with Crippen molar-refractivity contribution < 1.29 is 0 Å². The summed E-state index contributed by atoms with van der Waals surface area (Å²) in [5.74, 6) is 0.677. The Kier molecular flexibility index (Phi) is 3.68. The lowest BCUT2D eigenvalue weighted by Gasteiger charge is -2.22. The minimum Gasteiger partial charge on any atom is -0.377 e. The Labute approximate surface area is 135 Å². The van der Waals surface area contributed by atoms with E-state index in [1.54, 1.807) is 0 Å². The van der Waals surface area contributed by atoms with Gasteiger partial charge in [0, 0.05) is 11.7 Å². The lowest BCUT2D eigenvalue weighted by Crippen LogP contribution is -2.37. The Morgan fingerprint density at radius 1 is 0.783 bits per heavy atom. The van der Waals surface area contributed by atoms with E-state index in [1.807, 2.05) is 12.1 Å². The van der Waals surface area contributed by atoms with Gasteiger partial charge in [-0.05, 0) is 49.3 Å². The first kappa shape index (κ1) is 14.5. The predicted molar refractivity (Wildman–Crippen MR) is 93.5 cm³/mol. The van der Waals surface area contributed by atoms with E-state index in [0.29, 0.717) is 23.3 Å². The van der Waals surface area contributed by atoms with E-state index >= 15 is 0 Å². The molecule has 0 spiro atoms. The average Bonchev–Trinajstić information content (AvgIpc) is 3.43. The second kappa shape index (κ2) is 5.84. The van der Waals surface area contributed by atoms with Gasteiger partial charge in [-0.2, -0.15) is 0 Å². The van der Waals surface area contributed by atoms with Crippen molar-refractivity contribution in [2.24, 2.45) is 0 Å². The van der Waals surface area contributed by atoms with E-state index in [0.717, 1.165) is 18.5 Å². The molecule has 23 heavy (non-hydrogen) atoms. The number of hydrogen-bond donors (Lipinski definition) is 2. The molecule has 0 atom stereocenters. The van der Waals surface area contributed by atoms with Gasteiger partial charge in [0.2, 0.25) is 0 Å². The Morgan fingerprint density at radius 2 is 1.43 bits per heavy atom. The summed E-state index contributed by atoms with van der Waals surface area (Å²) in [4.78, 5) is 23.5. The monoisotopic (exact) mass is 310 g/mol. The van der Waals surface area contributed by atoms with E-state index in [9.17, 15) is 9.59 Å². The molecule has 2 aliphatic carbocycles. The van der Waals surface area contributed by atoms with Crippen LogP contribution in [-0.4, -0.2) is 6.04 Å². The van der Waals surface area contributed by atoms with Crippen molar-refractivity contribution >= 4 is 17.1 Å². The normalized spacial score (nSPS) is 19.0.